The zero-order valence-corrected chi connectivity index (χ0v) is 16.1. The normalized spacial score (nSPS) is 17.2. The molecule has 9 heteroatoms. The molecule has 1 unspecified atom stereocenters. The van der Waals surface area contributed by atoms with Crippen molar-refractivity contribution in [2.24, 2.45) is 0 Å². The van der Waals surface area contributed by atoms with Gasteiger partial charge in [-0.3, -0.25) is 0 Å². The second-order valence-electron chi connectivity index (χ2n) is 6.11. The van der Waals surface area contributed by atoms with Crippen molar-refractivity contribution in [3.8, 4) is 0 Å². The lowest BCUT2D eigenvalue weighted by atomic mass is 10.2. The van der Waals surface area contributed by atoms with Crippen LogP contribution in [-0.4, -0.2) is 47.8 Å². The summed E-state index contributed by atoms with van der Waals surface area (Å²) in [6.07, 6.45) is 2.45. The van der Waals surface area contributed by atoms with Crippen LogP contribution >= 0.6 is 23.5 Å². The summed E-state index contributed by atoms with van der Waals surface area (Å²) in [4.78, 5) is 3.98. The summed E-state index contributed by atoms with van der Waals surface area (Å²) in [5.74, 6) is -1.02. The van der Waals surface area contributed by atoms with Gasteiger partial charge in [-0.05, 0) is 44.1 Å². The summed E-state index contributed by atoms with van der Waals surface area (Å²) < 4.78 is 32.0. The first kappa shape index (κ1) is 19.1. The predicted molar refractivity (Wildman–Crippen MR) is 102 cm³/mol. The van der Waals surface area contributed by atoms with E-state index in [1.807, 2.05) is 4.90 Å². The summed E-state index contributed by atoms with van der Waals surface area (Å²) in [6.45, 7) is 4.44. The maximum absolute atomic E-state index is 14.7. The molecule has 0 amide bonds. The van der Waals surface area contributed by atoms with Gasteiger partial charge in [-0.1, -0.05) is 18.5 Å². The third-order valence-corrected chi connectivity index (χ3v) is 5.80. The van der Waals surface area contributed by atoms with Crippen molar-refractivity contribution in [3.05, 3.63) is 41.1 Å². The third kappa shape index (κ3) is 4.02. The Hall–Kier alpha value is -1.64. The van der Waals surface area contributed by atoms with Gasteiger partial charge in [0, 0.05) is 31.4 Å². The lowest BCUT2D eigenvalue weighted by Gasteiger charge is -2.25. The molecule has 26 heavy (non-hydrogen) atoms. The molecule has 0 radical (unpaired) electrons. The SMILES string of the molecule is CCN(C)C1CCN(c2cc(F)c(SNc3cccnn3)c(F)c2Cl)C1. The number of aromatic nitrogens is 2. The van der Waals surface area contributed by atoms with E-state index in [0.717, 1.165) is 31.5 Å². The molecule has 2 heterocycles. The molecule has 2 aromatic rings. The minimum Gasteiger partial charge on any atom is -0.369 e. The summed E-state index contributed by atoms with van der Waals surface area (Å²) in [5.41, 5.74) is 0.400. The van der Waals surface area contributed by atoms with Crippen molar-refractivity contribution in [3.63, 3.8) is 0 Å². The van der Waals surface area contributed by atoms with Crippen molar-refractivity contribution >= 4 is 35.1 Å². The molecule has 1 aliphatic heterocycles. The summed E-state index contributed by atoms with van der Waals surface area (Å²) in [5, 5.41) is 7.46. The maximum atomic E-state index is 14.7. The van der Waals surface area contributed by atoms with Crippen LogP contribution in [0.2, 0.25) is 5.02 Å². The van der Waals surface area contributed by atoms with E-state index >= 15 is 0 Å². The zero-order chi connectivity index (χ0) is 18.7. The van der Waals surface area contributed by atoms with E-state index in [-0.39, 0.29) is 9.92 Å². The lowest BCUT2D eigenvalue weighted by molar-refractivity contribution is 0.272. The van der Waals surface area contributed by atoms with E-state index in [0.29, 0.717) is 24.1 Å². The second kappa shape index (κ2) is 8.37. The van der Waals surface area contributed by atoms with Crippen LogP contribution in [0.4, 0.5) is 20.3 Å². The molecule has 1 aliphatic rings. The Morgan fingerprint density at radius 1 is 1.46 bits per heavy atom. The first-order chi connectivity index (χ1) is 12.5. The summed E-state index contributed by atoms with van der Waals surface area (Å²) in [7, 11) is 2.05. The van der Waals surface area contributed by atoms with Gasteiger partial charge in [0.1, 0.15) is 15.7 Å². The van der Waals surface area contributed by atoms with Gasteiger partial charge in [-0.15, -0.1) is 5.10 Å². The molecule has 0 spiro atoms. The largest absolute Gasteiger partial charge is 0.369 e. The highest BCUT2D eigenvalue weighted by atomic mass is 35.5. The third-order valence-electron chi connectivity index (χ3n) is 4.55. The predicted octanol–water partition coefficient (Wildman–Crippen LogP) is 4.06. The van der Waals surface area contributed by atoms with E-state index in [9.17, 15) is 8.78 Å². The minimum absolute atomic E-state index is 0.0605. The number of halogens is 3. The fourth-order valence-corrected chi connectivity index (χ4v) is 3.92. The number of likely N-dealkylation sites (N-methyl/N-ethyl adjacent to an activating group) is 1. The number of anilines is 2. The number of hydrogen-bond acceptors (Lipinski definition) is 6. The number of benzene rings is 1. The van der Waals surface area contributed by atoms with Crippen LogP contribution in [0.15, 0.2) is 29.3 Å². The van der Waals surface area contributed by atoms with Gasteiger partial charge < -0.3 is 14.5 Å². The van der Waals surface area contributed by atoms with Crippen LogP contribution in [0.5, 0.6) is 0 Å². The van der Waals surface area contributed by atoms with Gasteiger partial charge in [0.2, 0.25) is 0 Å². The first-order valence-electron chi connectivity index (χ1n) is 8.34. The Morgan fingerprint density at radius 3 is 2.96 bits per heavy atom. The molecule has 1 atom stereocenters. The van der Waals surface area contributed by atoms with Crippen LogP contribution in [-0.2, 0) is 0 Å². The van der Waals surface area contributed by atoms with Crippen molar-refractivity contribution in [1.29, 1.82) is 0 Å². The van der Waals surface area contributed by atoms with Crippen molar-refractivity contribution in [1.82, 2.24) is 15.1 Å². The van der Waals surface area contributed by atoms with Crippen molar-refractivity contribution in [2.75, 3.05) is 36.3 Å². The molecule has 0 saturated carbocycles. The van der Waals surface area contributed by atoms with Crippen LogP contribution in [0, 0.1) is 11.6 Å². The second-order valence-corrected chi connectivity index (χ2v) is 7.30. The molecular formula is C17H20ClF2N5S. The fraction of sp³-hybridized carbons (Fsp3) is 0.412. The standard InChI is InChI=1S/C17H20ClF2N5S/c1-3-24(2)11-6-8-25(10-11)13-9-12(19)17(16(20)15(13)18)26-23-14-5-4-7-21-22-14/h4-5,7,9,11H,3,6,8,10H2,1-2H3,(H,22,23). The van der Waals surface area contributed by atoms with Crippen molar-refractivity contribution in [2.45, 2.75) is 24.3 Å². The van der Waals surface area contributed by atoms with Crippen LogP contribution in [0.25, 0.3) is 0 Å². The Bertz CT molecular complexity index is 765. The summed E-state index contributed by atoms with van der Waals surface area (Å²) in [6, 6.07) is 4.99. The molecule has 1 saturated heterocycles. The summed E-state index contributed by atoms with van der Waals surface area (Å²) >= 11 is 7.01. The number of nitrogens with one attached hydrogen (secondary N) is 1. The molecule has 140 valence electrons. The van der Waals surface area contributed by atoms with Gasteiger partial charge in [-0.25, -0.2) is 8.78 Å². The molecule has 3 rings (SSSR count). The topological polar surface area (TPSA) is 44.3 Å². The van der Waals surface area contributed by atoms with Crippen LogP contribution < -0.4 is 9.62 Å². The van der Waals surface area contributed by atoms with Gasteiger partial charge >= 0.3 is 0 Å². The van der Waals surface area contributed by atoms with E-state index in [4.69, 9.17) is 11.6 Å². The Kier molecular flexibility index (Phi) is 6.16. The number of hydrogen-bond donors (Lipinski definition) is 1. The van der Waals surface area contributed by atoms with Crippen LogP contribution in [0.1, 0.15) is 13.3 Å². The van der Waals surface area contributed by atoms with Crippen molar-refractivity contribution < 1.29 is 8.78 Å². The smallest absolute Gasteiger partial charge is 0.162 e. The first-order valence-corrected chi connectivity index (χ1v) is 9.54. The average molecular weight is 400 g/mol. The molecule has 0 bridgehead atoms. The lowest BCUT2D eigenvalue weighted by Crippen LogP contribution is -2.34. The Labute approximate surface area is 160 Å². The Morgan fingerprint density at radius 2 is 2.27 bits per heavy atom. The molecule has 1 aromatic heterocycles. The quantitative estimate of drug-likeness (QED) is 0.583. The molecular weight excluding hydrogens is 380 g/mol. The van der Waals surface area contributed by atoms with Crippen LogP contribution in [0.3, 0.4) is 0 Å². The zero-order valence-electron chi connectivity index (χ0n) is 14.5. The van der Waals surface area contributed by atoms with Gasteiger partial charge in [0.15, 0.2) is 11.6 Å². The molecule has 1 aromatic carbocycles. The van der Waals surface area contributed by atoms with Gasteiger partial charge in [0.25, 0.3) is 0 Å². The van der Waals surface area contributed by atoms with E-state index in [2.05, 4.69) is 33.8 Å². The highest BCUT2D eigenvalue weighted by molar-refractivity contribution is 8.00. The van der Waals surface area contributed by atoms with E-state index < -0.39 is 11.6 Å². The number of nitrogens with zero attached hydrogens (tertiary/aromatic N) is 4. The van der Waals surface area contributed by atoms with Gasteiger partial charge in [0.05, 0.1) is 5.69 Å². The molecule has 1 N–H and O–H groups in total. The highest BCUT2D eigenvalue weighted by Gasteiger charge is 2.29. The maximum Gasteiger partial charge on any atom is 0.162 e. The van der Waals surface area contributed by atoms with Gasteiger partial charge in [-0.2, -0.15) is 5.10 Å². The Balaban J connectivity index is 1.78. The monoisotopic (exact) mass is 399 g/mol. The minimum atomic E-state index is -0.768. The average Bonchev–Trinajstić information content (AvgIpc) is 3.14. The van der Waals surface area contributed by atoms with E-state index in [1.54, 1.807) is 12.1 Å². The molecule has 5 nitrogen and oxygen atoms in total. The van der Waals surface area contributed by atoms with E-state index in [1.165, 1.54) is 12.3 Å². The number of rotatable bonds is 6. The fourth-order valence-electron chi connectivity index (χ4n) is 2.93. The molecule has 1 fully saturated rings. The molecule has 0 aliphatic carbocycles. The highest BCUT2D eigenvalue weighted by Crippen LogP contribution is 2.38.